The number of hydrogen-bond acceptors (Lipinski definition) is 1. The zero-order valence-electron chi connectivity index (χ0n) is 10.8. The Kier molecular flexibility index (Phi) is 5.59. The molecular formula is C15H13Cl4N. The Morgan fingerprint density at radius 1 is 0.900 bits per heavy atom. The molecule has 0 fully saturated rings. The lowest BCUT2D eigenvalue weighted by molar-refractivity contribution is 0.631. The molecule has 2 aromatic rings. The van der Waals surface area contributed by atoms with Crippen molar-refractivity contribution in [3.8, 4) is 0 Å². The standard InChI is InChI=1S/C15H13Cl4N/c1-2-20-15(9-5-11(17)7-12(18)6-9)13-4-3-10(16)8-14(13)19/h3-8,15,20H,2H2,1H3. The Labute approximate surface area is 138 Å². The van der Waals surface area contributed by atoms with Crippen LogP contribution in [0.25, 0.3) is 0 Å². The zero-order valence-corrected chi connectivity index (χ0v) is 13.8. The van der Waals surface area contributed by atoms with E-state index in [1.54, 1.807) is 12.1 Å². The highest BCUT2D eigenvalue weighted by atomic mass is 35.5. The van der Waals surface area contributed by atoms with Crippen LogP contribution in [0.4, 0.5) is 0 Å². The summed E-state index contributed by atoms with van der Waals surface area (Å²) in [5, 5.41) is 5.80. The molecular weight excluding hydrogens is 336 g/mol. The fourth-order valence-corrected chi connectivity index (χ4v) is 3.15. The summed E-state index contributed by atoms with van der Waals surface area (Å²) >= 11 is 24.4. The minimum Gasteiger partial charge on any atom is -0.306 e. The topological polar surface area (TPSA) is 12.0 Å². The van der Waals surface area contributed by atoms with E-state index in [1.165, 1.54) is 0 Å². The number of rotatable bonds is 4. The molecule has 20 heavy (non-hydrogen) atoms. The third-order valence-corrected chi connectivity index (χ3v) is 3.90. The van der Waals surface area contributed by atoms with Gasteiger partial charge in [0.2, 0.25) is 0 Å². The van der Waals surface area contributed by atoms with Crippen molar-refractivity contribution in [3.63, 3.8) is 0 Å². The van der Waals surface area contributed by atoms with Gasteiger partial charge in [-0.25, -0.2) is 0 Å². The molecule has 0 aromatic heterocycles. The lowest BCUT2D eigenvalue weighted by atomic mass is 9.98. The molecule has 0 aliphatic heterocycles. The van der Waals surface area contributed by atoms with Crippen molar-refractivity contribution in [2.24, 2.45) is 0 Å². The van der Waals surface area contributed by atoms with Crippen molar-refractivity contribution in [1.82, 2.24) is 5.32 Å². The Morgan fingerprint density at radius 3 is 2.10 bits per heavy atom. The molecule has 2 aromatic carbocycles. The lowest BCUT2D eigenvalue weighted by Gasteiger charge is -2.21. The SMILES string of the molecule is CCNC(c1cc(Cl)cc(Cl)c1)c1ccc(Cl)cc1Cl. The molecule has 1 atom stereocenters. The van der Waals surface area contributed by atoms with E-state index in [-0.39, 0.29) is 6.04 Å². The molecule has 1 nitrogen and oxygen atoms in total. The second kappa shape index (κ2) is 7.02. The highest BCUT2D eigenvalue weighted by Crippen LogP contribution is 2.32. The van der Waals surface area contributed by atoms with Gasteiger partial charge in [0, 0.05) is 20.1 Å². The first-order chi connectivity index (χ1) is 9.51. The van der Waals surface area contributed by atoms with Crippen LogP contribution in [0, 0.1) is 0 Å². The van der Waals surface area contributed by atoms with E-state index in [1.807, 2.05) is 31.2 Å². The quantitative estimate of drug-likeness (QED) is 0.714. The fourth-order valence-electron chi connectivity index (χ4n) is 2.09. The Hall–Kier alpha value is -0.440. The monoisotopic (exact) mass is 347 g/mol. The molecule has 0 saturated carbocycles. The summed E-state index contributed by atoms with van der Waals surface area (Å²) < 4.78 is 0. The van der Waals surface area contributed by atoms with E-state index in [0.29, 0.717) is 20.1 Å². The first kappa shape index (κ1) is 15.9. The molecule has 0 bridgehead atoms. The van der Waals surface area contributed by atoms with Gasteiger partial charge in [0.1, 0.15) is 0 Å². The molecule has 106 valence electrons. The number of hydrogen-bond donors (Lipinski definition) is 1. The number of nitrogens with one attached hydrogen (secondary N) is 1. The normalized spacial score (nSPS) is 12.4. The third-order valence-electron chi connectivity index (χ3n) is 2.90. The highest BCUT2D eigenvalue weighted by Gasteiger charge is 2.17. The Bertz CT molecular complexity index is 593. The van der Waals surface area contributed by atoms with Crippen LogP contribution in [-0.2, 0) is 0 Å². The third kappa shape index (κ3) is 3.81. The molecule has 2 rings (SSSR count). The van der Waals surface area contributed by atoms with E-state index < -0.39 is 0 Å². The van der Waals surface area contributed by atoms with Crippen LogP contribution in [0.15, 0.2) is 36.4 Å². The van der Waals surface area contributed by atoms with Crippen molar-refractivity contribution < 1.29 is 0 Å². The van der Waals surface area contributed by atoms with Gasteiger partial charge in [0.25, 0.3) is 0 Å². The van der Waals surface area contributed by atoms with Crippen molar-refractivity contribution in [1.29, 1.82) is 0 Å². The van der Waals surface area contributed by atoms with Crippen molar-refractivity contribution in [2.75, 3.05) is 6.54 Å². The summed E-state index contributed by atoms with van der Waals surface area (Å²) in [6, 6.07) is 10.8. The zero-order chi connectivity index (χ0) is 14.7. The summed E-state index contributed by atoms with van der Waals surface area (Å²) in [6.45, 7) is 2.82. The van der Waals surface area contributed by atoms with Gasteiger partial charge in [-0.1, -0.05) is 59.4 Å². The molecule has 0 amide bonds. The van der Waals surface area contributed by atoms with Crippen LogP contribution in [0.1, 0.15) is 24.1 Å². The van der Waals surface area contributed by atoms with Crippen LogP contribution < -0.4 is 5.32 Å². The second-order valence-electron chi connectivity index (χ2n) is 4.36. The van der Waals surface area contributed by atoms with Gasteiger partial charge in [-0.05, 0) is 48.0 Å². The highest BCUT2D eigenvalue weighted by molar-refractivity contribution is 6.35. The van der Waals surface area contributed by atoms with Crippen molar-refractivity contribution in [3.05, 3.63) is 67.6 Å². The lowest BCUT2D eigenvalue weighted by Crippen LogP contribution is -2.22. The second-order valence-corrected chi connectivity index (χ2v) is 6.08. The largest absolute Gasteiger partial charge is 0.306 e. The number of halogens is 4. The minimum absolute atomic E-state index is 0.0824. The maximum atomic E-state index is 6.30. The number of benzene rings is 2. The molecule has 5 heteroatoms. The molecule has 0 heterocycles. The van der Waals surface area contributed by atoms with Crippen molar-refractivity contribution in [2.45, 2.75) is 13.0 Å². The Morgan fingerprint density at radius 2 is 1.55 bits per heavy atom. The molecule has 1 N–H and O–H groups in total. The maximum absolute atomic E-state index is 6.30. The molecule has 0 saturated heterocycles. The molecule has 0 radical (unpaired) electrons. The maximum Gasteiger partial charge on any atom is 0.0592 e. The minimum atomic E-state index is -0.0824. The van der Waals surface area contributed by atoms with Crippen molar-refractivity contribution >= 4 is 46.4 Å². The molecule has 0 spiro atoms. The summed E-state index contributed by atoms with van der Waals surface area (Å²) in [5.74, 6) is 0. The van der Waals surface area contributed by atoms with E-state index in [2.05, 4.69) is 5.32 Å². The van der Waals surface area contributed by atoms with Gasteiger partial charge in [-0.15, -0.1) is 0 Å². The van der Waals surface area contributed by atoms with Crippen LogP contribution in [0.5, 0.6) is 0 Å². The summed E-state index contributed by atoms with van der Waals surface area (Å²) in [7, 11) is 0. The van der Waals surface area contributed by atoms with Gasteiger partial charge in [0.05, 0.1) is 6.04 Å². The predicted molar refractivity (Wildman–Crippen MR) is 88.4 cm³/mol. The van der Waals surface area contributed by atoms with Gasteiger partial charge in [-0.2, -0.15) is 0 Å². The van der Waals surface area contributed by atoms with Crippen LogP contribution in [0.2, 0.25) is 20.1 Å². The van der Waals surface area contributed by atoms with E-state index in [0.717, 1.165) is 17.7 Å². The Balaban J connectivity index is 2.49. The predicted octanol–water partition coefficient (Wildman–Crippen LogP) is 6.00. The van der Waals surface area contributed by atoms with Gasteiger partial charge in [0.15, 0.2) is 0 Å². The van der Waals surface area contributed by atoms with Crippen LogP contribution in [-0.4, -0.2) is 6.54 Å². The van der Waals surface area contributed by atoms with E-state index in [4.69, 9.17) is 46.4 Å². The molecule has 1 unspecified atom stereocenters. The van der Waals surface area contributed by atoms with Crippen LogP contribution >= 0.6 is 46.4 Å². The summed E-state index contributed by atoms with van der Waals surface area (Å²) in [5.41, 5.74) is 1.91. The van der Waals surface area contributed by atoms with Crippen LogP contribution in [0.3, 0.4) is 0 Å². The first-order valence-electron chi connectivity index (χ1n) is 6.15. The summed E-state index contributed by atoms with van der Waals surface area (Å²) in [4.78, 5) is 0. The van der Waals surface area contributed by atoms with E-state index >= 15 is 0 Å². The van der Waals surface area contributed by atoms with E-state index in [9.17, 15) is 0 Å². The average Bonchev–Trinajstić information content (AvgIpc) is 2.35. The van der Waals surface area contributed by atoms with Gasteiger partial charge < -0.3 is 5.32 Å². The van der Waals surface area contributed by atoms with Gasteiger partial charge in [-0.3, -0.25) is 0 Å². The molecule has 0 aliphatic carbocycles. The first-order valence-corrected chi connectivity index (χ1v) is 7.66. The van der Waals surface area contributed by atoms with Gasteiger partial charge >= 0.3 is 0 Å². The average molecular weight is 349 g/mol. The summed E-state index contributed by atoms with van der Waals surface area (Å²) in [6.07, 6.45) is 0. The smallest absolute Gasteiger partial charge is 0.0592 e. The fraction of sp³-hybridized carbons (Fsp3) is 0.200. The molecule has 0 aliphatic rings.